The van der Waals surface area contributed by atoms with E-state index in [1.807, 2.05) is 0 Å². The molecule has 0 amide bonds. The summed E-state index contributed by atoms with van der Waals surface area (Å²) in [5.41, 5.74) is -1.38. The summed E-state index contributed by atoms with van der Waals surface area (Å²) in [6.45, 7) is 5.03. The van der Waals surface area contributed by atoms with Gasteiger partial charge in [-0.05, 0) is 23.1 Å². The number of benzene rings is 1. The van der Waals surface area contributed by atoms with E-state index in [0.29, 0.717) is 0 Å². The zero-order valence-corrected chi connectivity index (χ0v) is 10.6. The number of halogens is 5. The van der Waals surface area contributed by atoms with Gasteiger partial charge in [0.05, 0.1) is 5.56 Å². The van der Waals surface area contributed by atoms with Crippen molar-refractivity contribution in [2.24, 2.45) is 0 Å². The van der Waals surface area contributed by atoms with Crippen molar-refractivity contribution in [3.8, 4) is 0 Å². The molecule has 0 saturated carbocycles. The minimum Gasteiger partial charge on any atom is -0.166 e. The van der Waals surface area contributed by atoms with Gasteiger partial charge in [0.2, 0.25) is 0 Å². The van der Waals surface area contributed by atoms with E-state index in [0.717, 1.165) is 6.07 Å². The highest BCUT2D eigenvalue weighted by atomic mass is 35.5. The molecule has 0 bridgehead atoms. The van der Waals surface area contributed by atoms with Crippen LogP contribution in [0, 0.1) is 0 Å². The minimum atomic E-state index is -4.45. The van der Waals surface area contributed by atoms with Gasteiger partial charge in [-0.1, -0.05) is 44.0 Å². The number of rotatable bonds is 0. The van der Waals surface area contributed by atoms with E-state index in [4.69, 9.17) is 23.2 Å². The molecule has 16 heavy (non-hydrogen) atoms. The molecule has 0 spiro atoms. The third kappa shape index (κ3) is 2.83. The van der Waals surface area contributed by atoms with Crippen LogP contribution in [0.5, 0.6) is 0 Å². The maximum Gasteiger partial charge on any atom is 0.416 e. The molecule has 1 aromatic rings. The first-order chi connectivity index (χ1) is 7.03. The van der Waals surface area contributed by atoms with E-state index in [2.05, 4.69) is 0 Å². The third-order valence-electron chi connectivity index (χ3n) is 2.11. The fourth-order valence-corrected chi connectivity index (χ4v) is 2.34. The molecular weight excluding hydrogens is 260 g/mol. The molecule has 5 heteroatoms. The summed E-state index contributed by atoms with van der Waals surface area (Å²) < 4.78 is 38.5. The van der Waals surface area contributed by atoms with Crippen molar-refractivity contribution < 1.29 is 13.2 Å². The Hall–Kier alpha value is -0.410. The summed E-state index contributed by atoms with van der Waals surface area (Å²) in [5.74, 6) is 0. The molecule has 90 valence electrons. The first kappa shape index (κ1) is 13.7. The molecule has 0 atom stereocenters. The molecule has 0 saturated heterocycles. The number of hydrogen-bond acceptors (Lipinski definition) is 0. The lowest BCUT2D eigenvalue weighted by Crippen LogP contribution is -2.20. The van der Waals surface area contributed by atoms with Gasteiger partial charge in [-0.15, -0.1) is 0 Å². The van der Waals surface area contributed by atoms with Crippen LogP contribution in [-0.4, -0.2) is 0 Å². The molecule has 0 unspecified atom stereocenters. The van der Waals surface area contributed by atoms with Crippen molar-refractivity contribution in [1.82, 2.24) is 0 Å². The van der Waals surface area contributed by atoms with Crippen LogP contribution in [0.25, 0.3) is 0 Å². The summed E-state index contributed by atoms with van der Waals surface area (Å²) in [5, 5.41) is 0.0395. The van der Waals surface area contributed by atoms with Crippen molar-refractivity contribution in [2.45, 2.75) is 32.4 Å². The van der Waals surface area contributed by atoms with Gasteiger partial charge in [-0.3, -0.25) is 0 Å². The quantitative estimate of drug-likeness (QED) is 0.599. The van der Waals surface area contributed by atoms with E-state index in [9.17, 15) is 13.2 Å². The van der Waals surface area contributed by atoms with Crippen LogP contribution in [0.3, 0.4) is 0 Å². The molecule has 0 aromatic heterocycles. The average Bonchev–Trinajstić information content (AvgIpc) is 1.97. The van der Waals surface area contributed by atoms with E-state index in [-0.39, 0.29) is 15.6 Å². The molecule has 0 fully saturated rings. The Balaban J connectivity index is 3.58. The molecule has 0 nitrogen and oxygen atoms in total. The summed E-state index contributed by atoms with van der Waals surface area (Å²) in [6, 6.07) is 2.24. The average molecular weight is 271 g/mol. The Labute approximate surface area is 102 Å². The lowest BCUT2D eigenvalue weighted by molar-refractivity contribution is -0.138. The SMILES string of the molecule is CC(C)(C)c1c(Cl)cc(Cl)cc1C(F)(F)F. The summed E-state index contributed by atoms with van der Waals surface area (Å²) in [6.07, 6.45) is -4.45. The topological polar surface area (TPSA) is 0 Å². The van der Waals surface area contributed by atoms with Gasteiger partial charge in [0.25, 0.3) is 0 Å². The molecule has 0 radical (unpaired) electrons. The van der Waals surface area contributed by atoms with E-state index in [1.165, 1.54) is 6.07 Å². The fourth-order valence-electron chi connectivity index (χ4n) is 1.56. The van der Waals surface area contributed by atoms with Crippen molar-refractivity contribution in [1.29, 1.82) is 0 Å². The highest BCUT2D eigenvalue weighted by molar-refractivity contribution is 6.35. The molecule has 1 rings (SSSR count). The molecule has 0 aliphatic heterocycles. The monoisotopic (exact) mass is 270 g/mol. The van der Waals surface area contributed by atoms with Crippen molar-refractivity contribution in [3.05, 3.63) is 33.3 Å². The van der Waals surface area contributed by atoms with Crippen molar-refractivity contribution >= 4 is 23.2 Å². The zero-order valence-electron chi connectivity index (χ0n) is 9.04. The third-order valence-corrected chi connectivity index (χ3v) is 2.63. The predicted molar refractivity (Wildman–Crippen MR) is 60.2 cm³/mol. The van der Waals surface area contributed by atoms with Crippen LogP contribution >= 0.6 is 23.2 Å². The molecular formula is C11H11Cl2F3. The van der Waals surface area contributed by atoms with Crippen LogP contribution < -0.4 is 0 Å². The molecule has 0 aliphatic carbocycles. The van der Waals surface area contributed by atoms with Crippen molar-refractivity contribution in [3.63, 3.8) is 0 Å². The number of hydrogen-bond donors (Lipinski definition) is 0. The second-order valence-electron chi connectivity index (χ2n) is 4.56. The lowest BCUT2D eigenvalue weighted by Gasteiger charge is -2.25. The Kier molecular flexibility index (Phi) is 3.51. The zero-order chi connectivity index (χ0) is 12.7. The van der Waals surface area contributed by atoms with Gasteiger partial charge < -0.3 is 0 Å². The number of alkyl halides is 3. The molecule has 0 aliphatic rings. The van der Waals surface area contributed by atoms with Gasteiger partial charge in [-0.25, -0.2) is 0 Å². The van der Waals surface area contributed by atoms with Crippen LogP contribution in [0.15, 0.2) is 12.1 Å². The minimum absolute atomic E-state index is 0.00896. The summed E-state index contributed by atoms with van der Waals surface area (Å²) in [7, 11) is 0. The van der Waals surface area contributed by atoms with Crippen LogP contribution in [0.2, 0.25) is 10.0 Å². The predicted octanol–water partition coefficient (Wildman–Crippen LogP) is 5.31. The molecule has 0 heterocycles. The molecule has 1 aromatic carbocycles. The second-order valence-corrected chi connectivity index (χ2v) is 5.40. The smallest absolute Gasteiger partial charge is 0.166 e. The maximum atomic E-state index is 12.8. The van der Waals surface area contributed by atoms with Gasteiger partial charge in [0.1, 0.15) is 0 Å². The largest absolute Gasteiger partial charge is 0.416 e. The normalized spacial score (nSPS) is 13.0. The van der Waals surface area contributed by atoms with Crippen LogP contribution in [-0.2, 0) is 11.6 Å². The Morgan fingerprint density at radius 1 is 1.00 bits per heavy atom. The van der Waals surface area contributed by atoms with E-state index < -0.39 is 17.2 Å². The Morgan fingerprint density at radius 3 is 1.88 bits per heavy atom. The Bertz CT molecular complexity index is 403. The van der Waals surface area contributed by atoms with Crippen LogP contribution in [0.1, 0.15) is 31.9 Å². The first-order valence-corrected chi connectivity index (χ1v) is 5.36. The second kappa shape index (κ2) is 4.11. The summed E-state index contributed by atoms with van der Waals surface area (Å²) >= 11 is 11.4. The highest BCUT2D eigenvalue weighted by Crippen LogP contribution is 2.42. The maximum absolute atomic E-state index is 12.8. The lowest BCUT2D eigenvalue weighted by atomic mass is 9.83. The van der Waals surface area contributed by atoms with E-state index in [1.54, 1.807) is 20.8 Å². The highest BCUT2D eigenvalue weighted by Gasteiger charge is 2.38. The standard InChI is InChI=1S/C11H11Cl2F3/c1-10(2,3)9-7(11(14,15)16)4-6(12)5-8(9)13/h4-5H,1-3H3. The van der Waals surface area contributed by atoms with Crippen LogP contribution in [0.4, 0.5) is 13.2 Å². The summed E-state index contributed by atoms with van der Waals surface area (Å²) in [4.78, 5) is 0. The fraction of sp³-hybridized carbons (Fsp3) is 0.455. The van der Waals surface area contributed by atoms with Gasteiger partial charge in [-0.2, -0.15) is 13.2 Å². The Morgan fingerprint density at radius 2 is 1.50 bits per heavy atom. The molecule has 0 N–H and O–H groups in total. The van der Waals surface area contributed by atoms with Gasteiger partial charge >= 0.3 is 6.18 Å². The first-order valence-electron chi connectivity index (χ1n) is 4.60. The van der Waals surface area contributed by atoms with Crippen molar-refractivity contribution in [2.75, 3.05) is 0 Å². The van der Waals surface area contributed by atoms with Gasteiger partial charge in [0, 0.05) is 10.0 Å². The van der Waals surface area contributed by atoms with Gasteiger partial charge in [0.15, 0.2) is 0 Å². The van der Waals surface area contributed by atoms with E-state index >= 15 is 0 Å².